The predicted molar refractivity (Wildman–Crippen MR) is 91.5 cm³/mol. The molecule has 0 fully saturated rings. The average Bonchev–Trinajstić information content (AvgIpc) is 2.93. The summed E-state index contributed by atoms with van der Waals surface area (Å²) in [6.45, 7) is 1.80. The second kappa shape index (κ2) is 5.86. The Kier molecular flexibility index (Phi) is 3.71. The molecule has 0 saturated carbocycles. The van der Waals surface area contributed by atoms with E-state index in [1.54, 1.807) is 18.3 Å². The largest absolute Gasteiger partial charge is 0.313 e. The number of rotatable bonds is 2. The van der Waals surface area contributed by atoms with Gasteiger partial charge in [-0.1, -0.05) is 6.08 Å². The molecule has 6 heteroatoms. The minimum Gasteiger partial charge on any atom is -0.313 e. The number of hydrogen-bond donors (Lipinski definition) is 1. The molecule has 1 aromatic carbocycles. The Bertz CT molecular complexity index is 899. The maximum Gasteiger partial charge on any atom is 0.164 e. The van der Waals surface area contributed by atoms with Gasteiger partial charge >= 0.3 is 0 Å². The standard InChI is InChI=1S/C17H14BrFN4/c18-16-14(11-1-3-13(19)4-2-11)22-17-15(21-9-10-23(16)17)12-5-7-20-8-6-12/h1-5,9-10,20H,6-8H2. The van der Waals surface area contributed by atoms with E-state index in [2.05, 4.69) is 32.3 Å². The van der Waals surface area contributed by atoms with Crippen molar-refractivity contribution in [3.05, 3.63) is 58.8 Å². The Morgan fingerprint density at radius 2 is 2.00 bits per heavy atom. The van der Waals surface area contributed by atoms with Crippen LogP contribution in [0.25, 0.3) is 22.5 Å². The summed E-state index contributed by atoms with van der Waals surface area (Å²) in [7, 11) is 0. The molecule has 1 N–H and O–H groups in total. The first-order valence-corrected chi connectivity index (χ1v) is 8.22. The Morgan fingerprint density at radius 3 is 2.74 bits per heavy atom. The fourth-order valence-corrected chi connectivity index (χ4v) is 3.41. The van der Waals surface area contributed by atoms with Gasteiger partial charge in [0.05, 0.1) is 0 Å². The number of aromatic nitrogens is 3. The third-order valence-corrected chi connectivity index (χ3v) is 4.73. The van der Waals surface area contributed by atoms with Crippen LogP contribution in [0.2, 0.25) is 0 Å². The van der Waals surface area contributed by atoms with Crippen molar-refractivity contribution in [3.63, 3.8) is 0 Å². The van der Waals surface area contributed by atoms with E-state index in [9.17, 15) is 4.39 Å². The van der Waals surface area contributed by atoms with Gasteiger partial charge in [-0.2, -0.15) is 0 Å². The van der Waals surface area contributed by atoms with E-state index in [-0.39, 0.29) is 5.82 Å². The Balaban J connectivity index is 1.90. The van der Waals surface area contributed by atoms with Crippen LogP contribution in [0.4, 0.5) is 4.39 Å². The van der Waals surface area contributed by atoms with E-state index in [4.69, 9.17) is 4.98 Å². The van der Waals surface area contributed by atoms with Gasteiger partial charge in [-0.25, -0.2) is 9.37 Å². The van der Waals surface area contributed by atoms with Crippen LogP contribution >= 0.6 is 15.9 Å². The third-order valence-electron chi connectivity index (χ3n) is 3.97. The van der Waals surface area contributed by atoms with Crippen LogP contribution < -0.4 is 5.32 Å². The first-order chi connectivity index (χ1) is 11.2. The van der Waals surface area contributed by atoms with Gasteiger partial charge < -0.3 is 5.32 Å². The molecule has 0 bridgehead atoms. The molecule has 1 aliphatic heterocycles. The zero-order chi connectivity index (χ0) is 15.8. The summed E-state index contributed by atoms with van der Waals surface area (Å²) in [5.41, 5.74) is 4.58. The van der Waals surface area contributed by atoms with E-state index in [0.29, 0.717) is 0 Å². The first-order valence-electron chi connectivity index (χ1n) is 7.42. The van der Waals surface area contributed by atoms with Gasteiger partial charge in [0.2, 0.25) is 0 Å². The summed E-state index contributed by atoms with van der Waals surface area (Å²) in [6.07, 6.45) is 6.76. The summed E-state index contributed by atoms with van der Waals surface area (Å²) < 4.78 is 16.0. The van der Waals surface area contributed by atoms with Crippen LogP contribution in [-0.4, -0.2) is 27.5 Å². The fraction of sp³-hybridized carbons (Fsp3) is 0.176. The van der Waals surface area contributed by atoms with Crippen LogP contribution in [0.3, 0.4) is 0 Å². The van der Waals surface area contributed by atoms with Crippen LogP contribution in [-0.2, 0) is 0 Å². The molecule has 3 heterocycles. The highest BCUT2D eigenvalue weighted by Crippen LogP contribution is 2.31. The van der Waals surface area contributed by atoms with Crippen molar-refractivity contribution < 1.29 is 4.39 Å². The lowest BCUT2D eigenvalue weighted by Gasteiger charge is -2.13. The van der Waals surface area contributed by atoms with E-state index in [1.807, 2.05) is 10.6 Å². The van der Waals surface area contributed by atoms with Crippen molar-refractivity contribution in [1.82, 2.24) is 19.7 Å². The maximum absolute atomic E-state index is 13.2. The molecule has 2 aromatic heterocycles. The van der Waals surface area contributed by atoms with Crippen molar-refractivity contribution in [2.75, 3.05) is 13.1 Å². The summed E-state index contributed by atoms with van der Waals surface area (Å²) in [4.78, 5) is 9.29. The van der Waals surface area contributed by atoms with E-state index < -0.39 is 0 Å². The van der Waals surface area contributed by atoms with Crippen molar-refractivity contribution in [2.24, 2.45) is 0 Å². The second-order valence-electron chi connectivity index (χ2n) is 5.41. The Labute approximate surface area is 141 Å². The Hall–Kier alpha value is -2.05. The van der Waals surface area contributed by atoms with Gasteiger partial charge in [0.15, 0.2) is 5.65 Å². The van der Waals surface area contributed by atoms with Gasteiger partial charge in [-0.3, -0.25) is 9.38 Å². The summed E-state index contributed by atoms with van der Waals surface area (Å²) in [5, 5.41) is 3.30. The van der Waals surface area contributed by atoms with Crippen molar-refractivity contribution in [3.8, 4) is 11.3 Å². The molecule has 0 spiro atoms. The fourth-order valence-electron chi connectivity index (χ4n) is 2.80. The van der Waals surface area contributed by atoms with E-state index in [0.717, 1.165) is 46.7 Å². The molecule has 4 rings (SSSR count). The highest BCUT2D eigenvalue weighted by molar-refractivity contribution is 9.10. The first kappa shape index (κ1) is 14.5. The van der Waals surface area contributed by atoms with E-state index in [1.165, 1.54) is 17.7 Å². The van der Waals surface area contributed by atoms with E-state index >= 15 is 0 Å². The van der Waals surface area contributed by atoms with Gasteiger partial charge in [0.25, 0.3) is 0 Å². The molecular weight excluding hydrogens is 359 g/mol. The number of fused-ring (bicyclic) bond motifs is 1. The van der Waals surface area contributed by atoms with Crippen molar-refractivity contribution >= 4 is 27.2 Å². The van der Waals surface area contributed by atoms with Crippen LogP contribution in [0, 0.1) is 5.82 Å². The van der Waals surface area contributed by atoms with Crippen LogP contribution in [0.5, 0.6) is 0 Å². The zero-order valence-electron chi connectivity index (χ0n) is 12.3. The molecule has 0 aliphatic carbocycles. The van der Waals surface area contributed by atoms with Crippen LogP contribution in [0.1, 0.15) is 12.1 Å². The molecule has 116 valence electrons. The molecule has 0 saturated heterocycles. The maximum atomic E-state index is 13.2. The normalized spacial score (nSPS) is 15.0. The number of hydrogen-bond acceptors (Lipinski definition) is 3. The molecule has 4 nitrogen and oxygen atoms in total. The topological polar surface area (TPSA) is 42.2 Å². The van der Waals surface area contributed by atoms with Gasteiger partial charge in [-0.15, -0.1) is 0 Å². The molecule has 0 unspecified atom stereocenters. The highest BCUT2D eigenvalue weighted by atomic mass is 79.9. The summed E-state index contributed by atoms with van der Waals surface area (Å²) in [5.74, 6) is -0.254. The number of nitrogens with zero attached hydrogens (tertiary/aromatic N) is 3. The molecule has 0 radical (unpaired) electrons. The van der Waals surface area contributed by atoms with Crippen molar-refractivity contribution in [1.29, 1.82) is 0 Å². The molecule has 0 amide bonds. The molecule has 23 heavy (non-hydrogen) atoms. The summed E-state index contributed by atoms with van der Waals surface area (Å²) >= 11 is 3.61. The number of imidazole rings is 1. The van der Waals surface area contributed by atoms with Gasteiger partial charge in [-0.05, 0) is 58.7 Å². The average molecular weight is 373 g/mol. The minimum atomic E-state index is -0.254. The lowest BCUT2D eigenvalue weighted by Crippen LogP contribution is -2.20. The second-order valence-corrected chi connectivity index (χ2v) is 6.16. The minimum absolute atomic E-state index is 0.254. The molecular formula is C17H14BrFN4. The number of benzene rings is 1. The molecule has 1 aliphatic rings. The van der Waals surface area contributed by atoms with Gasteiger partial charge in [0, 0.05) is 24.5 Å². The zero-order valence-corrected chi connectivity index (χ0v) is 13.8. The highest BCUT2D eigenvalue weighted by Gasteiger charge is 2.17. The van der Waals surface area contributed by atoms with Crippen LogP contribution in [0.15, 0.2) is 47.3 Å². The number of nitrogens with one attached hydrogen (secondary N) is 1. The lowest BCUT2D eigenvalue weighted by atomic mass is 10.1. The summed E-state index contributed by atoms with van der Waals surface area (Å²) in [6, 6.07) is 6.36. The molecule has 0 atom stereocenters. The van der Waals surface area contributed by atoms with Gasteiger partial charge in [0.1, 0.15) is 21.8 Å². The number of halogens is 2. The predicted octanol–water partition coefficient (Wildman–Crippen LogP) is 3.67. The lowest BCUT2D eigenvalue weighted by molar-refractivity contribution is 0.628. The third kappa shape index (κ3) is 2.58. The van der Waals surface area contributed by atoms with Crippen molar-refractivity contribution in [2.45, 2.75) is 6.42 Å². The Morgan fingerprint density at radius 1 is 1.17 bits per heavy atom. The molecule has 3 aromatic rings. The monoisotopic (exact) mass is 372 g/mol. The quantitative estimate of drug-likeness (QED) is 0.745. The SMILES string of the molecule is Fc1ccc(-c2nc3c(C4=CCNCC4)nccn3c2Br)cc1. The smallest absolute Gasteiger partial charge is 0.164 e.